The van der Waals surface area contributed by atoms with Gasteiger partial charge in [0.25, 0.3) is 0 Å². The molecule has 0 aliphatic heterocycles. The Kier molecular flexibility index (Phi) is 7.89. The summed E-state index contributed by atoms with van der Waals surface area (Å²) >= 11 is 0. The summed E-state index contributed by atoms with van der Waals surface area (Å²) in [7, 11) is 0. The van der Waals surface area contributed by atoms with Crippen LogP contribution in [0.1, 0.15) is 106 Å². The van der Waals surface area contributed by atoms with Gasteiger partial charge in [0, 0.05) is 0 Å². The quantitative estimate of drug-likeness (QED) is 0.277. The minimum atomic E-state index is -1.35. The van der Waals surface area contributed by atoms with Crippen LogP contribution in [0.25, 0.3) is 0 Å². The Morgan fingerprint density at radius 1 is 0.900 bits per heavy atom. The number of hydrogen-bond donors (Lipinski definition) is 5. The predicted molar refractivity (Wildman–Crippen MR) is 155 cm³/mol. The van der Waals surface area contributed by atoms with Crippen molar-refractivity contribution < 1.29 is 30.3 Å². The lowest BCUT2D eigenvalue weighted by Gasteiger charge is -2.68. The SMILES string of the molecule is CC1CCC2(C(=O)O)CCC3C(=CCC4C3(C)CCC3C(C)(C)C(C(C)C(O)C(O)C(O)CO)CCC34C)C2C1. The first-order valence-electron chi connectivity index (χ1n) is 16.2. The van der Waals surface area contributed by atoms with Crippen LogP contribution in [0.15, 0.2) is 11.6 Å². The van der Waals surface area contributed by atoms with Crippen LogP contribution in [0, 0.1) is 63.1 Å². The van der Waals surface area contributed by atoms with E-state index in [-0.39, 0.29) is 34.0 Å². The van der Waals surface area contributed by atoms with Crippen molar-refractivity contribution in [3.63, 3.8) is 0 Å². The van der Waals surface area contributed by atoms with E-state index in [4.69, 9.17) is 0 Å². The van der Waals surface area contributed by atoms with Crippen LogP contribution in [-0.2, 0) is 4.79 Å². The Bertz CT molecular complexity index is 1010. The van der Waals surface area contributed by atoms with Gasteiger partial charge in [-0.25, -0.2) is 0 Å². The van der Waals surface area contributed by atoms with Crippen molar-refractivity contribution in [2.24, 2.45) is 63.1 Å². The fraction of sp³-hybridized carbons (Fsp3) is 0.912. The van der Waals surface area contributed by atoms with Crippen molar-refractivity contribution in [2.75, 3.05) is 6.61 Å². The molecule has 40 heavy (non-hydrogen) atoms. The molecule has 13 unspecified atom stereocenters. The topological polar surface area (TPSA) is 118 Å². The molecule has 5 N–H and O–H groups in total. The second-order valence-corrected chi connectivity index (χ2v) is 16.1. The molecule has 0 amide bonds. The summed E-state index contributed by atoms with van der Waals surface area (Å²) < 4.78 is 0. The summed E-state index contributed by atoms with van der Waals surface area (Å²) in [4.78, 5) is 12.7. The summed E-state index contributed by atoms with van der Waals surface area (Å²) in [5.41, 5.74) is 1.21. The largest absolute Gasteiger partial charge is 0.481 e. The first-order valence-corrected chi connectivity index (χ1v) is 16.2. The Balaban J connectivity index is 1.43. The number of carbonyl (C=O) groups is 1. The molecule has 228 valence electrons. The average Bonchev–Trinajstić information content (AvgIpc) is 2.90. The summed E-state index contributed by atoms with van der Waals surface area (Å²) in [5, 5.41) is 51.2. The summed E-state index contributed by atoms with van der Waals surface area (Å²) in [6.07, 6.45) is 8.79. The zero-order valence-electron chi connectivity index (χ0n) is 25.8. The van der Waals surface area contributed by atoms with Crippen LogP contribution in [0.3, 0.4) is 0 Å². The number of allylic oxidation sites excluding steroid dienone is 2. The Labute approximate surface area is 241 Å². The number of rotatable bonds is 6. The van der Waals surface area contributed by atoms with E-state index < -0.39 is 36.3 Å². The third-order valence-corrected chi connectivity index (χ3v) is 14.2. The molecule has 4 saturated carbocycles. The number of aliphatic hydroxyl groups excluding tert-OH is 4. The standard InChI is InChI=1S/C34H56O6/c1-19-9-15-34(30(39)40)16-11-23-21(24(34)17-19)7-8-27-32(23,5)14-12-26-31(3,4)22(10-13-33(26,27)6)20(2)28(37)29(38)25(36)18-35/h7,19-20,22-29,35-38H,8-18H2,1-6H3,(H,39,40). The molecule has 0 bridgehead atoms. The monoisotopic (exact) mass is 560 g/mol. The normalized spacial score (nSPS) is 47.3. The fourth-order valence-electron chi connectivity index (χ4n) is 12.0. The number of aliphatic carboxylic acids is 1. The molecule has 5 aliphatic carbocycles. The van der Waals surface area contributed by atoms with Crippen LogP contribution in [0.4, 0.5) is 0 Å². The number of hydrogen-bond acceptors (Lipinski definition) is 5. The molecule has 0 heterocycles. The molecule has 0 radical (unpaired) electrons. The van der Waals surface area contributed by atoms with Gasteiger partial charge in [0.1, 0.15) is 12.2 Å². The molecule has 5 rings (SSSR count). The molecule has 6 nitrogen and oxygen atoms in total. The maximum Gasteiger partial charge on any atom is 0.310 e. The fourth-order valence-corrected chi connectivity index (χ4v) is 12.0. The third kappa shape index (κ3) is 4.28. The number of aliphatic hydroxyl groups is 4. The van der Waals surface area contributed by atoms with Crippen LogP contribution < -0.4 is 0 Å². The molecule has 0 aromatic heterocycles. The van der Waals surface area contributed by atoms with Crippen LogP contribution >= 0.6 is 0 Å². The van der Waals surface area contributed by atoms with Gasteiger partial charge in [-0.3, -0.25) is 4.79 Å². The van der Waals surface area contributed by atoms with Crippen LogP contribution in [0.2, 0.25) is 0 Å². The van der Waals surface area contributed by atoms with E-state index in [9.17, 15) is 30.3 Å². The first-order chi connectivity index (χ1) is 18.6. The predicted octanol–water partition coefficient (Wildman–Crippen LogP) is 5.42. The molecule has 4 fully saturated rings. The van der Waals surface area contributed by atoms with Crippen molar-refractivity contribution >= 4 is 5.97 Å². The van der Waals surface area contributed by atoms with Crippen molar-refractivity contribution in [3.05, 3.63) is 11.6 Å². The highest BCUT2D eigenvalue weighted by Gasteiger charge is 2.65. The molecular weight excluding hydrogens is 504 g/mol. The molecule has 6 heteroatoms. The molecule has 0 saturated heterocycles. The van der Waals surface area contributed by atoms with Crippen molar-refractivity contribution in [2.45, 2.75) is 124 Å². The van der Waals surface area contributed by atoms with Crippen molar-refractivity contribution in [1.29, 1.82) is 0 Å². The van der Waals surface area contributed by atoms with Gasteiger partial charge in [-0.05, 0) is 122 Å². The van der Waals surface area contributed by atoms with E-state index >= 15 is 0 Å². The van der Waals surface area contributed by atoms with Gasteiger partial charge in [-0.2, -0.15) is 0 Å². The van der Waals surface area contributed by atoms with E-state index in [1.165, 1.54) is 5.57 Å². The van der Waals surface area contributed by atoms with Crippen LogP contribution in [-0.4, -0.2) is 56.4 Å². The molecule has 0 spiro atoms. The van der Waals surface area contributed by atoms with Gasteiger partial charge < -0.3 is 25.5 Å². The van der Waals surface area contributed by atoms with Crippen molar-refractivity contribution in [3.8, 4) is 0 Å². The van der Waals surface area contributed by atoms with Gasteiger partial charge in [0.05, 0.1) is 18.1 Å². The highest BCUT2D eigenvalue weighted by molar-refractivity contribution is 5.76. The Hall–Kier alpha value is -0.950. The molecule has 0 aromatic rings. The molecule has 5 aliphatic rings. The minimum Gasteiger partial charge on any atom is -0.481 e. The Morgan fingerprint density at radius 3 is 2.20 bits per heavy atom. The second-order valence-electron chi connectivity index (χ2n) is 16.1. The highest BCUT2D eigenvalue weighted by atomic mass is 16.4. The van der Waals surface area contributed by atoms with E-state index in [1.54, 1.807) is 0 Å². The first kappa shape index (κ1) is 30.5. The summed E-state index contributed by atoms with van der Waals surface area (Å²) in [5.74, 6) is 1.72. The lowest BCUT2D eigenvalue weighted by atomic mass is 9.36. The third-order valence-electron chi connectivity index (χ3n) is 14.2. The number of fused-ring (bicyclic) bond motifs is 7. The lowest BCUT2D eigenvalue weighted by molar-refractivity contribution is -0.190. The number of carboxylic acids is 1. The lowest BCUT2D eigenvalue weighted by Crippen LogP contribution is -2.62. The highest BCUT2D eigenvalue weighted by Crippen LogP contribution is 2.72. The van der Waals surface area contributed by atoms with Gasteiger partial charge in [-0.1, -0.05) is 53.2 Å². The van der Waals surface area contributed by atoms with Crippen molar-refractivity contribution in [1.82, 2.24) is 0 Å². The summed E-state index contributed by atoms with van der Waals surface area (Å²) in [6.45, 7) is 13.5. The van der Waals surface area contributed by atoms with Gasteiger partial charge >= 0.3 is 5.97 Å². The molecule has 0 aromatic carbocycles. The summed E-state index contributed by atoms with van der Waals surface area (Å²) in [6, 6.07) is 0. The van der Waals surface area contributed by atoms with Gasteiger partial charge in [0.15, 0.2) is 0 Å². The second kappa shape index (κ2) is 10.3. The zero-order valence-corrected chi connectivity index (χ0v) is 25.8. The van der Waals surface area contributed by atoms with E-state index in [0.29, 0.717) is 23.7 Å². The van der Waals surface area contributed by atoms with Gasteiger partial charge in [-0.15, -0.1) is 0 Å². The smallest absolute Gasteiger partial charge is 0.310 e. The minimum absolute atomic E-state index is 0.0492. The maximum absolute atomic E-state index is 12.7. The molecule has 13 atom stereocenters. The molecular formula is C34H56O6. The maximum atomic E-state index is 12.7. The average molecular weight is 561 g/mol. The van der Waals surface area contributed by atoms with Gasteiger partial charge in [0.2, 0.25) is 0 Å². The zero-order chi connectivity index (χ0) is 29.4. The van der Waals surface area contributed by atoms with E-state index in [0.717, 1.165) is 64.2 Å². The number of carboxylic acid groups (broad SMARTS) is 1. The Morgan fingerprint density at radius 2 is 1.55 bits per heavy atom. The van der Waals surface area contributed by atoms with E-state index in [1.807, 2.05) is 6.92 Å². The van der Waals surface area contributed by atoms with E-state index in [2.05, 4.69) is 40.7 Å². The van der Waals surface area contributed by atoms with Crippen LogP contribution in [0.5, 0.6) is 0 Å².